The lowest BCUT2D eigenvalue weighted by Gasteiger charge is -2.47. The summed E-state index contributed by atoms with van der Waals surface area (Å²) in [6.07, 6.45) is 0.503. The number of carboxylic acid groups (broad SMARTS) is 1. The Hall–Kier alpha value is -2.36. The van der Waals surface area contributed by atoms with Crippen LogP contribution in [0.3, 0.4) is 0 Å². The molecule has 6 nitrogen and oxygen atoms in total. The number of morpholine rings is 1. The van der Waals surface area contributed by atoms with Crippen molar-refractivity contribution in [3.8, 4) is 0 Å². The molecule has 3 heterocycles. The number of nitrogens with zero attached hydrogens (tertiary/aromatic N) is 3. The second-order valence-electron chi connectivity index (χ2n) is 9.51. The zero-order chi connectivity index (χ0) is 26.3. The van der Waals surface area contributed by atoms with Gasteiger partial charge >= 0.3 is 12.1 Å². The summed E-state index contributed by atoms with van der Waals surface area (Å²) in [4.78, 5) is 18.6. The van der Waals surface area contributed by atoms with Gasteiger partial charge in [-0.2, -0.15) is 13.2 Å². The highest BCUT2D eigenvalue weighted by Gasteiger charge is 2.38. The Kier molecular flexibility index (Phi) is 9.99. The highest BCUT2D eigenvalue weighted by molar-refractivity contribution is 6.30. The molecule has 10 heteroatoms. The van der Waals surface area contributed by atoms with Crippen LogP contribution in [0.4, 0.5) is 19.0 Å². The third kappa shape index (κ3) is 8.08. The third-order valence-corrected chi connectivity index (χ3v) is 6.89. The molecule has 0 saturated carbocycles. The fourth-order valence-electron chi connectivity index (χ4n) is 4.63. The summed E-state index contributed by atoms with van der Waals surface area (Å²) in [6, 6.07) is 15.5. The zero-order valence-corrected chi connectivity index (χ0v) is 21.3. The highest BCUT2D eigenvalue weighted by atomic mass is 35.5. The van der Waals surface area contributed by atoms with Crippen molar-refractivity contribution >= 4 is 23.4 Å². The van der Waals surface area contributed by atoms with Crippen molar-refractivity contribution < 1.29 is 27.8 Å². The molecule has 2 aliphatic rings. The van der Waals surface area contributed by atoms with Gasteiger partial charge in [0.15, 0.2) is 0 Å². The number of rotatable bonds is 5. The van der Waals surface area contributed by atoms with Gasteiger partial charge in [0.2, 0.25) is 0 Å². The van der Waals surface area contributed by atoms with Gasteiger partial charge in [-0.15, -0.1) is 0 Å². The van der Waals surface area contributed by atoms with Crippen LogP contribution in [0.5, 0.6) is 0 Å². The van der Waals surface area contributed by atoms with Crippen LogP contribution in [0.25, 0.3) is 0 Å². The third-order valence-electron chi connectivity index (χ3n) is 6.64. The smallest absolute Gasteiger partial charge is 0.475 e. The predicted octanol–water partition coefficient (Wildman–Crippen LogP) is 5.31. The maximum absolute atomic E-state index is 10.6. The SMILES string of the molecule is CC(C)[C@H]1CN(C2CCN(c3ccccn3)CC2)[C@@H](Cc2ccc(Cl)cc2)CO1.O=C(O)C(F)(F)F. The number of carboxylic acids is 1. The first-order chi connectivity index (χ1) is 17.0. The summed E-state index contributed by atoms with van der Waals surface area (Å²) in [5.74, 6) is -1.11. The topological polar surface area (TPSA) is 65.9 Å². The standard InChI is InChI=1S/C24H32ClN3O.C2HF3O2/c1-18(2)23-16-28(22(17-29-23)15-19-6-8-20(25)9-7-19)21-10-13-27(14-11-21)24-5-3-4-12-26-24;3-2(4,5)1(6)7/h3-9,12,18,21-23H,10-11,13-17H2,1-2H3;(H,6,7)/t22-,23+;/m0./s1. The van der Waals surface area contributed by atoms with E-state index in [1.165, 1.54) is 18.4 Å². The molecule has 2 atom stereocenters. The van der Waals surface area contributed by atoms with Gasteiger partial charge < -0.3 is 14.7 Å². The van der Waals surface area contributed by atoms with Crippen LogP contribution in [0, 0.1) is 5.92 Å². The molecule has 0 spiro atoms. The minimum absolute atomic E-state index is 0.324. The van der Waals surface area contributed by atoms with E-state index in [0.29, 0.717) is 24.1 Å². The van der Waals surface area contributed by atoms with Crippen molar-refractivity contribution in [1.29, 1.82) is 0 Å². The maximum Gasteiger partial charge on any atom is 0.490 e. The highest BCUT2D eigenvalue weighted by Crippen LogP contribution is 2.28. The molecule has 0 aliphatic carbocycles. The number of pyridine rings is 1. The lowest BCUT2D eigenvalue weighted by molar-refractivity contribution is -0.192. The number of hydrogen-bond acceptors (Lipinski definition) is 5. The normalized spacial score (nSPS) is 21.7. The molecular formula is C26H33ClF3N3O3. The molecule has 2 aliphatic heterocycles. The average Bonchev–Trinajstić information content (AvgIpc) is 2.86. The van der Waals surface area contributed by atoms with Crippen LogP contribution < -0.4 is 4.90 Å². The molecule has 0 amide bonds. The Morgan fingerprint density at radius 3 is 2.33 bits per heavy atom. The molecule has 2 aromatic rings. The summed E-state index contributed by atoms with van der Waals surface area (Å²) in [5.41, 5.74) is 1.34. The Morgan fingerprint density at radius 2 is 1.81 bits per heavy atom. The van der Waals surface area contributed by atoms with Crippen LogP contribution in [0.1, 0.15) is 32.3 Å². The number of hydrogen-bond donors (Lipinski definition) is 1. The van der Waals surface area contributed by atoms with E-state index in [-0.39, 0.29) is 0 Å². The van der Waals surface area contributed by atoms with E-state index < -0.39 is 12.1 Å². The second kappa shape index (κ2) is 12.7. The summed E-state index contributed by atoms with van der Waals surface area (Å²) >= 11 is 6.08. The molecule has 0 unspecified atom stereocenters. The van der Waals surface area contributed by atoms with E-state index in [1.54, 1.807) is 0 Å². The minimum Gasteiger partial charge on any atom is -0.475 e. The van der Waals surface area contributed by atoms with Crippen LogP contribution in [0.2, 0.25) is 5.02 Å². The van der Waals surface area contributed by atoms with E-state index in [2.05, 4.69) is 52.9 Å². The van der Waals surface area contributed by atoms with Crippen molar-refractivity contribution in [3.05, 3.63) is 59.2 Å². The second-order valence-corrected chi connectivity index (χ2v) is 9.94. The molecule has 2 saturated heterocycles. The van der Waals surface area contributed by atoms with E-state index in [0.717, 1.165) is 43.5 Å². The summed E-state index contributed by atoms with van der Waals surface area (Å²) in [7, 11) is 0. The van der Waals surface area contributed by atoms with Gasteiger partial charge in [-0.3, -0.25) is 4.90 Å². The Balaban J connectivity index is 0.000000454. The Labute approximate surface area is 215 Å². The predicted molar refractivity (Wildman–Crippen MR) is 133 cm³/mol. The molecule has 1 aromatic heterocycles. The Morgan fingerprint density at radius 1 is 1.17 bits per heavy atom. The van der Waals surface area contributed by atoms with Gasteiger partial charge in [0, 0.05) is 42.9 Å². The number of aliphatic carboxylic acids is 1. The molecule has 198 valence electrons. The summed E-state index contributed by atoms with van der Waals surface area (Å²) in [6.45, 7) is 8.52. The first-order valence-electron chi connectivity index (χ1n) is 12.1. The number of aromatic nitrogens is 1. The lowest BCUT2D eigenvalue weighted by Crippen LogP contribution is -2.58. The van der Waals surface area contributed by atoms with Gasteiger partial charge in [-0.05, 0) is 55.0 Å². The number of alkyl halides is 3. The van der Waals surface area contributed by atoms with E-state index in [4.69, 9.17) is 26.2 Å². The molecule has 2 fully saturated rings. The maximum atomic E-state index is 10.6. The van der Waals surface area contributed by atoms with Gasteiger partial charge in [-0.1, -0.05) is 43.6 Å². The number of carbonyl (C=O) groups is 1. The lowest BCUT2D eigenvalue weighted by atomic mass is 9.94. The van der Waals surface area contributed by atoms with Crippen LogP contribution in [0.15, 0.2) is 48.7 Å². The van der Waals surface area contributed by atoms with Gasteiger partial charge in [0.05, 0.1) is 12.7 Å². The largest absolute Gasteiger partial charge is 0.490 e. The first-order valence-corrected chi connectivity index (χ1v) is 12.5. The van der Waals surface area contributed by atoms with E-state index in [9.17, 15) is 13.2 Å². The van der Waals surface area contributed by atoms with Crippen molar-refractivity contribution in [3.63, 3.8) is 0 Å². The van der Waals surface area contributed by atoms with Gasteiger partial charge in [0.1, 0.15) is 5.82 Å². The molecule has 36 heavy (non-hydrogen) atoms. The molecule has 1 aromatic carbocycles. The fraction of sp³-hybridized carbons (Fsp3) is 0.538. The quantitative estimate of drug-likeness (QED) is 0.569. The van der Waals surface area contributed by atoms with Crippen molar-refractivity contribution in [2.75, 3.05) is 31.1 Å². The molecular weight excluding hydrogens is 495 g/mol. The monoisotopic (exact) mass is 527 g/mol. The number of benzene rings is 1. The van der Waals surface area contributed by atoms with E-state index >= 15 is 0 Å². The molecule has 0 radical (unpaired) electrons. The average molecular weight is 528 g/mol. The number of ether oxygens (including phenoxy) is 1. The molecule has 0 bridgehead atoms. The zero-order valence-electron chi connectivity index (χ0n) is 20.5. The first kappa shape index (κ1) is 28.2. The van der Waals surface area contributed by atoms with Crippen LogP contribution in [-0.4, -0.2) is 71.6 Å². The van der Waals surface area contributed by atoms with Gasteiger partial charge in [-0.25, -0.2) is 9.78 Å². The number of anilines is 1. The van der Waals surface area contributed by atoms with Crippen molar-refractivity contribution in [2.45, 2.75) is 57.5 Å². The van der Waals surface area contributed by atoms with Crippen LogP contribution >= 0.6 is 11.6 Å². The van der Waals surface area contributed by atoms with Crippen molar-refractivity contribution in [2.24, 2.45) is 5.92 Å². The Bertz CT molecular complexity index is 952. The van der Waals surface area contributed by atoms with Gasteiger partial charge in [0.25, 0.3) is 0 Å². The summed E-state index contributed by atoms with van der Waals surface area (Å²) < 4.78 is 38.0. The minimum atomic E-state index is -5.08. The summed E-state index contributed by atoms with van der Waals surface area (Å²) in [5, 5.41) is 7.92. The van der Waals surface area contributed by atoms with E-state index in [1.807, 2.05) is 24.4 Å². The number of halogens is 4. The number of piperidine rings is 1. The van der Waals surface area contributed by atoms with Crippen molar-refractivity contribution in [1.82, 2.24) is 9.88 Å². The molecule has 4 rings (SSSR count). The van der Waals surface area contributed by atoms with Crippen LogP contribution in [-0.2, 0) is 16.0 Å². The fourth-order valence-corrected chi connectivity index (χ4v) is 4.75. The molecule has 1 N–H and O–H groups in total.